The first-order chi connectivity index (χ1) is 13.1. The maximum absolute atomic E-state index is 12.5. The molecule has 2 N–H and O–H groups in total. The fourth-order valence-electron chi connectivity index (χ4n) is 2.35. The smallest absolute Gasteiger partial charge is 0.274 e. The molecule has 0 aliphatic rings. The van der Waals surface area contributed by atoms with Crippen molar-refractivity contribution in [3.8, 4) is 11.5 Å². The summed E-state index contributed by atoms with van der Waals surface area (Å²) in [7, 11) is 3.10. The maximum Gasteiger partial charge on any atom is 0.274 e. The molecular weight excluding hydrogens is 368 g/mol. The normalized spacial score (nSPS) is 10.2. The molecule has 1 amide bonds. The van der Waals surface area contributed by atoms with Gasteiger partial charge in [0, 0.05) is 11.9 Å². The van der Waals surface area contributed by atoms with E-state index in [1.807, 2.05) is 24.3 Å². The molecule has 3 aromatic rings. The molecule has 0 saturated carbocycles. The number of para-hydroxylation sites is 2. The first kappa shape index (κ1) is 18.5. The highest BCUT2D eigenvalue weighted by atomic mass is 35.5. The molecule has 7 nitrogen and oxygen atoms in total. The van der Waals surface area contributed by atoms with Gasteiger partial charge in [-0.3, -0.25) is 4.79 Å². The molecule has 0 radical (unpaired) electrons. The molecule has 3 rings (SSSR count). The minimum absolute atomic E-state index is 0.203. The molecule has 0 aliphatic heterocycles. The Labute approximate surface area is 161 Å². The van der Waals surface area contributed by atoms with Crippen LogP contribution in [0.1, 0.15) is 10.5 Å². The first-order valence-electron chi connectivity index (χ1n) is 7.98. The van der Waals surface area contributed by atoms with Gasteiger partial charge >= 0.3 is 0 Å². The lowest BCUT2D eigenvalue weighted by Crippen LogP contribution is -2.14. The number of benzene rings is 2. The van der Waals surface area contributed by atoms with Crippen molar-refractivity contribution < 1.29 is 14.3 Å². The van der Waals surface area contributed by atoms with Crippen molar-refractivity contribution >= 4 is 34.8 Å². The van der Waals surface area contributed by atoms with E-state index in [1.54, 1.807) is 25.3 Å². The molecule has 0 unspecified atom stereocenters. The largest absolute Gasteiger partial charge is 0.495 e. The lowest BCUT2D eigenvalue weighted by Gasteiger charge is -2.11. The number of hydrogen-bond donors (Lipinski definition) is 2. The van der Waals surface area contributed by atoms with Crippen LogP contribution in [0.3, 0.4) is 0 Å². The molecule has 27 heavy (non-hydrogen) atoms. The van der Waals surface area contributed by atoms with Gasteiger partial charge < -0.3 is 20.1 Å². The van der Waals surface area contributed by atoms with Gasteiger partial charge in [0.1, 0.15) is 17.2 Å². The van der Waals surface area contributed by atoms with Crippen molar-refractivity contribution in [1.29, 1.82) is 0 Å². The van der Waals surface area contributed by atoms with E-state index in [0.717, 1.165) is 0 Å². The Morgan fingerprint density at radius 3 is 2.56 bits per heavy atom. The standard InChI is InChI=1S/C19H17ClN4O3/c1-26-16-8-7-12(11-13(16)20)22-18(25)15-9-10-21-19(24-15)23-14-5-3-4-6-17(14)27-2/h3-11H,1-2H3,(H,22,25)(H,21,23,24). The molecule has 1 heterocycles. The van der Waals surface area contributed by atoms with Crippen molar-refractivity contribution in [1.82, 2.24) is 9.97 Å². The second kappa shape index (κ2) is 8.37. The quantitative estimate of drug-likeness (QED) is 0.664. The molecule has 138 valence electrons. The first-order valence-corrected chi connectivity index (χ1v) is 8.36. The van der Waals surface area contributed by atoms with Gasteiger partial charge in [-0.2, -0.15) is 0 Å². The Bertz CT molecular complexity index is 965. The minimum Gasteiger partial charge on any atom is -0.495 e. The van der Waals surface area contributed by atoms with Crippen molar-refractivity contribution in [2.24, 2.45) is 0 Å². The van der Waals surface area contributed by atoms with Crippen LogP contribution < -0.4 is 20.1 Å². The van der Waals surface area contributed by atoms with E-state index in [1.165, 1.54) is 19.4 Å². The van der Waals surface area contributed by atoms with E-state index in [4.69, 9.17) is 21.1 Å². The van der Waals surface area contributed by atoms with Gasteiger partial charge in [0.25, 0.3) is 5.91 Å². The average molecular weight is 385 g/mol. The molecule has 8 heteroatoms. The number of halogens is 1. The van der Waals surface area contributed by atoms with Crippen LogP contribution in [0.4, 0.5) is 17.3 Å². The second-order valence-electron chi connectivity index (χ2n) is 5.39. The summed E-state index contributed by atoms with van der Waals surface area (Å²) in [6, 6.07) is 13.8. The average Bonchev–Trinajstić information content (AvgIpc) is 2.69. The van der Waals surface area contributed by atoms with Crippen LogP contribution in [-0.2, 0) is 0 Å². The predicted molar refractivity (Wildman–Crippen MR) is 104 cm³/mol. The van der Waals surface area contributed by atoms with E-state index in [-0.39, 0.29) is 17.5 Å². The zero-order valence-electron chi connectivity index (χ0n) is 14.7. The van der Waals surface area contributed by atoms with Crippen LogP contribution in [0, 0.1) is 0 Å². The highest BCUT2D eigenvalue weighted by Crippen LogP contribution is 2.28. The summed E-state index contributed by atoms with van der Waals surface area (Å²) < 4.78 is 10.4. The van der Waals surface area contributed by atoms with E-state index < -0.39 is 0 Å². The Morgan fingerprint density at radius 1 is 1.04 bits per heavy atom. The van der Waals surface area contributed by atoms with E-state index in [0.29, 0.717) is 27.9 Å². The zero-order chi connectivity index (χ0) is 19.2. The van der Waals surface area contributed by atoms with Gasteiger partial charge in [-0.25, -0.2) is 9.97 Å². The summed E-state index contributed by atoms with van der Waals surface area (Å²) in [5.41, 5.74) is 1.43. The molecule has 0 bridgehead atoms. The number of hydrogen-bond acceptors (Lipinski definition) is 6. The van der Waals surface area contributed by atoms with Crippen LogP contribution >= 0.6 is 11.6 Å². The highest BCUT2D eigenvalue weighted by molar-refractivity contribution is 6.32. The number of ether oxygens (including phenoxy) is 2. The number of rotatable bonds is 6. The van der Waals surface area contributed by atoms with Crippen LogP contribution in [0.5, 0.6) is 11.5 Å². The SMILES string of the molecule is COc1ccc(NC(=O)c2ccnc(Nc3ccccc3OC)n2)cc1Cl. The van der Waals surface area contributed by atoms with E-state index >= 15 is 0 Å². The number of nitrogens with zero attached hydrogens (tertiary/aromatic N) is 2. The third-order valence-electron chi connectivity index (χ3n) is 3.65. The van der Waals surface area contributed by atoms with E-state index in [2.05, 4.69) is 20.6 Å². The number of carbonyl (C=O) groups excluding carboxylic acids is 1. The number of anilines is 3. The molecule has 0 fully saturated rings. The molecule has 2 aromatic carbocycles. The Morgan fingerprint density at radius 2 is 1.81 bits per heavy atom. The summed E-state index contributed by atoms with van der Waals surface area (Å²) in [6.07, 6.45) is 1.50. The molecule has 1 aromatic heterocycles. The fraction of sp³-hybridized carbons (Fsp3) is 0.105. The summed E-state index contributed by atoms with van der Waals surface area (Å²) >= 11 is 6.08. The number of amides is 1. The summed E-state index contributed by atoms with van der Waals surface area (Å²) in [6.45, 7) is 0. The molecular formula is C19H17ClN4O3. The molecule has 0 atom stereocenters. The van der Waals surface area contributed by atoms with Crippen molar-refractivity contribution in [2.75, 3.05) is 24.9 Å². The van der Waals surface area contributed by atoms with Crippen molar-refractivity contribution in [3.63, 3.8) is 0 Å². The third kappa shape index (κ3) is 4.45. The molecule has 0 saturated heterocycles. The van der Waals surface area contributed by atoms with Gasteiger partial charge in [0.05, 0.1) is 24.9 Å². The van der Waals surface area contributed by atoms with Crippen LogP contribution in [-0.4, -0.2) is 30.1 Å². The number of carbonyl (C=O) groups is 1. The Hall–Kier alpha value is -3.32. The van der Waals surface area contributed by atoms with Gasteiger partial charge in [0.2, 0.25) is 5.95 Å². The molecule has 0 spiro atoms. The lowest BCUT2D eigenvalue weighted by molar-refractivity contribution is 0.102. The van der Waals surface area contributed by atoms with E-state index in [9.17, 15) is 4.79 Å². The van der Waals surface area contributed by atoms with Crippen LogP contribution in [0.25, 0.3) is 0 Å². The predicted octanol–water partition coefficient (Wildman–Crippen LogP) is 4.14. The highest BCUT2D eigenvalue weighted by Gasteiger charge is 2.12. The van der Waals surface area contributed by atoms with Crippen molar-refractivity contribution in [3.05, 3.63) is 65.4 Å². The Balaban J connectivity index is 1.76. The number of methoxy groups -OCH3 is 2. The number of nitrogens with one attached hydrogen (secondary N) is 2. The zero-order valence-corrected chi connectivity index (χ0v) is 15.4. The number of aromatic nitrogens is 2. The van der Waals surface area contributed by atoms with Gasteiger partial charge in [0.15, 0.2) is 0 Å². The lowest BCUT2D eigenvalue weighted by atomic mass is 10.3. The summed E-state index contributed by atoms with van der Waals surface area (Å²) in [5.74, 6) is 1.06. The fourth-order valence-corrected chi connectivity index (χ4v) is 2.61. The Kier molecular flexibility index (Phi) is 5.73. The molecule has 0 aliphatic carbocycles. The van der Waals surface area contributed by atoms with Crippen LogP contribution in [0.2, 0.25) is 5.02 Å². The minimum atomic E-state index is -0.387. The van der Waals surface area contributed by atoms with Gasteiger partial charge in [-0.15, -0.1) is 0 Å². The van der Waals surface area contributed by atoms with Gasteiger partial charge in [-0.05, 0) is 36.4 Å². The summed E-state index contributed by atoms with van der Waals surface area (Å²) in [4.78, 5) is 20.9. The second-order valence-corrected chi connectivity index (χ2v) is 5.80. The monoisotopic (exact) mass is 384 g/mol. The third-order valence-corrected chi connectivity index (χ3v) is 3.95. The topological polar surface area (TPSA) is 85.4 Å². The maximum atomic E-state index is 12.5. The van der Waals surface area contributed by atoms with Crippen LogP contribution in [0.15, 0.2) is 54.7 Å². The van der Waals surface area contributed by atoms with Gasteiger partial charge in [-0.1, -0.05) is 23.7 Å². The van der Waals surface area contributed by atoms with Crippen molar-refractivity contribution in [2.45, 2.75) is 0 Å². The summed E-state index contributed by atoms with van der Waals surface area (Å²) in [5, 5.41) is 6.18.